The maximum Gasteiger partial charge on any atom is 0.411 e. The fourth-order valence-electron chi connectivity index (χ4n) is 2.72. The lowest BCUT2D eigenvalue weighted by Crippen LogP contribution is -2.30. The third-order valence-corrected chi connectivity index (χ3v) is 6.27. The van der Waals surface area contributed by atoms with E-state index in [9.17, 15) is 18.0 Å². The number of rotatable bonds is 10. The normalized spacial score (nSPS) is 11.1. The van der Waals surface area contributed by atoms with Gasteiger partial charge in [-0.15, -0.1) is 0 Å². The van der Waals surface area contributed by atoms with Crippen LogP contribution >= 0.6 is 0 Å². The number of nitrogens with one attached hydrogen (secondary N) is 2. The Kier molecular flexibility index (Phi) is 8.83. The fraction of sp³-hybridized carbons (Fsp3) is 0.333. The molecule has 0 spiro atoms. The zero-order chi connectivity index (χ0) is 22.9. The lowest BCUT2D eigenvalue weighted by molar-refractivity contribution is -0.118. The molecule has 0 unspecified atom stereocenters. The number of hydrogen-bond donors (Lipinski definition) is 2. The molecule has 0 aliphatic rings. The third-order valence-electron chi connectivity index (χ3n) is 4.21. The van der Waals surface area contributed by atoms with Gasteiger partial charge in [-0.05, 0) is 43.3 Å². The van der Waals surface area contributed by atoms with Crippen molar-refractivity contribution < 1.29 is 27.5 Å². The van der Waals surface area contributed by atoms with E-state index in [0.29, 0.717) is 30.2 Å². The molecule has 2 N–H and O–H groups in total. The van der Waals surface area contributed by atoms with Crippen LogP contribution < -0.4 is 15.4 Å². The van der Waals surface area contributed by atoms with E-state index in [1.165, 1.54) is 28.6 Å². The minimum Gasteiger partial charge on any atom is -0.484 e. The van der Waals surface area contributed by atoms with Gasteiger partial charge in [0.05, 0.1) is 11.5 Å². The second-order valence-electron chi connectivity index (χ2n) is 6.32. The van der Waals surface area contributed by atoms with Crippen LogP contribution in [0.15, 0.2) is 53.4 Å². The predicted octanol–water partition coefficient (Wildman–Crippen LogP) is 3.30. The molecule has 10 heteroatoms. The summed E-state index contributed by atoms with van der Waals surface area (Å²) in [5.41, 5.74) is 0.922. The number of carbonyl (C=O) groups excluding carboxylic acids is 2. The van der Waals surface area contributed by atoms with Gasteiger partial charge >= 0.3 is 6.09 Å². The first-order valence-electron chi connectivity index (χ1n) is 9.86. The van der Waals surface area contributed by atoms with Gasteiger partial charge in [0, 0.05) is 30.5 Å². The van der Waals surface area contributed by atoms with E-state index in [2.05, 4.69) is 10.6 Å². The highest BCUT2D eigenvalue weighted by atomic mass is 32.2. The van der Waals surface area contributed by atoms with Crippen molar-refractivity contribution in [3.63, 3.8) is 0 Å². The smallest absolute Gasteiger partial charge is 0.411 e. The first-order chi connectivity index (χ1) is 14.8. The van der Waals surface area contributed by atoms with E-state index in [-0.39, 0.29) is 18.1 Å². The predicted molar refractivity (Wildman–Crippen MR) is 118 cm³/mol. The van der Waals surface area contributed by atoms with Crippen LogP contribution in [-0.2, 0) is 19.6 Å². The van der Waals surface area contributed by atoms with Gasteiger partial charge in [0.15, 0.2) is 6.61 Å². The quantitative estimate of drug-likeness (QED) is 0.575. The molecule has 0 heterocycles. The molecule has 9 nitrogen and oxygen atoms in total. The molecule has 168 valence electrons. The maximum absolute atomic E-state index is 12.5. The number of benzene rings is 2. The zero-order valence-electron chi connectivity index (χ0n) is 17.8. The van der Waals surface area contributed by atoms with E-state index in [1.807, 2.05) is 0 Å². The highest BCUT2D eigenvalue weighted by molar-refractivity contribution is 7.89. The lowest BCUT2D eigenvalue weighted by atomic mass is 10.3. The Morgan fingerprint density at radius 3 is 2.23 bits per heavy atom. The SMILES string of the molecule is CCOC(=O)Nc1cccc(OCC(=O)Nc2ccc(S(=O)(=O)N(CC)CC)cc2)c1. The molecule has 31 heavy (non-hydrogen) atoms. The van der Waals surface area contributed by atoms with Crippen LogP contribution in [0.2, 0.25) is 0 Å². The van der Waals surface area contributed by atoms with Crippen LogP contribution in [0, 0.1) is 0 Å². The van der Waals surface area contributed by atoms with Crippen molar-refractivity contribution in [1.82, 2.24) is 4.31 Å². The van der Waals surface area contributed by atoms with Crippen LogP contribution in [0.25, 0.3) is 0 Å². The molecule has 2 rings (SSSR count). The first kappa shape index (κ1) is 24.2. The van der Waals surface area contributed by atoms with Gasteiger partial charge in [-0.2, -0.15) is 4.31 Å². The fourth-order valence-corrected chi connectivity index (χ4v) is 4.18. The van der Waals surface area contributed by atoms with Gasteiger partial charge in [-0.25, -0.2) is 13.2 Å². The molecule has 0 radical (unpaired) electrons. The van der Waals surface area contributed by atoms with E-state index < -0.39 is 22.0 Å². The van der Waals surface area contributed by atoms with Crippen LogP contribution in [0.4, 0.5) is 16.2 Å². The minimum absolute atomic E-state index is 0.163. The van der Waals surface area contributed by atoms with Crippen molar-refractivity contribution in [2.45, 2.75) is 25.7 Å². The lowest BCUT2D eigenvalue weighted by Gasteiger charge is -2.18. The summed E-state index contributed by atoms with van der Waals surface area (Å²) in [5, 5.41) is 5.20. The summed E-state index contributed by atoms with van der Waals surface area (Å²) in [4.78, 5) is 23.8. The Labute approximate surface area is 182 Å². The largest absolute Gasteiger partial charge is 0.484 e. The molecule has 0 bridgehead atoms. The maximum atomic E-state index is 12.5. The Hall–Kier alpha value is -3.11. The minimum atomic E-state index is -3.55. The molecule has 0 saturated heterocycles. The van der Waals surface area contributed by atoms with Gasteiger partial charge in [-0.3, -0.25) is 10.1 Å². The third kappa shape index (κ3) is 6.97. The van der Waals surface area contributed by atoms with Gasteiger partial charge in [-0.1, -0.05) is 19.9 Å². The summed E-state index contributed by atoms with van der Waals surface area (Å²) < 4.78 is 36.6. The number of nitrogens with zero attached hydrogens (tertiary/aromatic N) is 1. The highest BCUT2D eigenvalue weighted by Gasteiger charge is 2.21. The Morgan fingerprint density at radius 2 is 1.61 bits per heavy atom. The van der Waals surface area contributed by atoms with E-state index in [0.717, 1.165) is 0 Å². The second kappa shape index (κ2) is 11.3. The molecule has 2 aromatic carbocycles. The van der Waals surface area contributed by atoms with Crippen LogP contribution in [0.1, 0.15) is 20.8 Å². The monoisotopic (exact) mass is 449 g/mol. The summed E-state index contributed by atoms with van der Waals surface area (Å²) >= 11 is 0. The number of sulfonamides is 1. The summed E-state index contributed by atoms with van der Waals surface area (Å²) in [5.74, 6) is -0.0202. The summed E-state index contributed by atoms with van der Waals surface area (Å²) in [7, 11) is -3.55. The van der Waals surface area contributed by atoms with Gasteiger partial charge < -0.3 is 14.8 Å². The van der Waals surface area contributed by atoms with Gasteiger partial charge in [0.1, 0.15) is 5.75 Å². The molecule has 0 fully saturated rings. The average Bonchev–Trinajstić information content (AvgIpc) is 2.74. The Morgan fingerprint density at radius 1 is 0.935 bits per heavy atom. The van der Waals surface area contributed by atoms with Crippen LogP contribution in [-0.4, -0.2) is 51.0 Å². The van der Waals surface area contributed by atoms with Gasteiger partial charge in [0.25, 0.3) is 5.91 Å². The van der Waals surface area contributed by atoms with Crippen molar-refractivity contribution in [2.75, 3.05) is 36.9 Å². The molecule has 0 aliphatic heterocycles. The highest BCUT2D eigenvalue weighted by Crippen LogP contribution is 2.19. The number of amides is 2. The molecular weight excluding hydrogens is 422 g/mol. The zero-order valence-corrected chi connectivity index (χ0v) is 18.6. The average molecular weight is 450 g/mol. The topological polar surface area (TPSA) is 114 Å². The van der Waals surface area contributed by atoms with Crippen LogP contribution in [0.3, 0.4) is 0 Å². The molecular formula is C21H27N3O6S. The summed E-state index contributed by atoms with van der Waals surface area (Å²) in [6, 6.07) is 12.5. The van der Waals surface area contributed by atoms with E-state index in [1.54, 1.807) is 45.0 Å². The van der Waals surface area contributed by atoms with E-state index >= 15 is 0 Å². The van der Waals surface area contributed by atoms with Crippen molar-refractivity contribution in [2.24, 2.45) is 0 Å². The second-order valence-corrected chi connectivity index (χ2v) is 8.26. The van der Waals surface area contributed by atoms with Crippen molar-refractivity contribution in [1.29, 1.82) is 0 Å². The van der Waals surface area contributed by atoms with Crippen molar-refractivity contribution >= 4 is 33.4 Å². The molecule has 0 saturated carbocycles. The molecule has 0 aliphatic carbocycles. The van der Waals surface area contributed by atoms with Crippen molar-refractivity contribution in [3.05, 3.63) is 48.5 Å². The first-order valence-corrected chi connectivity index (χ1v) is 11.3. The van der Waals surface area contributed by atoms with Gasteiger partial charge in [0.2, 0.25) is 10.0 Å². The number of carbonyl (C=O) groups is 2. The molecule has 2 amide bonds. The molecule has 0 atom stereocenters. The van der Waals surface area contributed by atoms with Crippen molar-refractivity contribution in [3.8, 4) is 5.75 Å². The number of anilines is 2. The Bertz CT molecular complexity index is 988. The molecule has 2 aromatic rings. The standard InChI is InChI=1S/C21H27N3O6S/c1-4-24(5-2)31(27,28)19-12-10-16(11-13-19)22-20(25)15-30-18-9-7-8-17(14-18)23-21(26)29-6-3/h7-14H,4-6,15H2,1-3H3,(H,22,25)(H,23,26). The number of hydrogen-bond acceptors (Lipinski definition) is 6. The summed E-state index contributed by atoms with van der Waals surface area (Å²) in [6.45, 7) is 6.01. The Balaban J connectivity index is 1.93. The number of ether oxygens (including phenoxy) is 2. The van der Waals surface area contributed by atoms with Crippen LogP contribution in [0.5, 0.6) is 5.75 Å². The molecule has 0 aromatic heterocycles. The van der Waals surface area contributed by atoms with E-state index in [4.69, 9.17) is 9.47 Å². The summed E-state index contributed by atoms with van der Waals surface area (Å²) in [6.07, 6.45) is -0.580.